The van der Waals surface area contributed by atoms with Crippen LogP contribution >= 0.6 is 0 Å². The van der Waals surface area contributed by atoms with E-state index in [0.717, 1.165) is 5.56 Å². The largest absolute Gasteiger partial charge is 0.399 e. The van der Waals surface area contributed by atoms with Crippen LogP contribution < -0.4 is 11.2 Å². The summed E-state index contributed by atoms with van der Waals surface area (Å²) in [6, 6.07) is 11.0. The van der Waals surface area contributed by atoms with E-state index in [0.29, 0.717) is 12.1 Å². The summed E-state index contributed by atoms with van der Waals surface area (Å²) in [6.07, 6.45) is 3.90. The molecule has 16 heavy (non-hydrogen) atoms. The number of aromatic nitrogens is 1. The highest BCUT2D eigenvalue weighted by Crippen LogP contribution is 2.06. The van der Waals surface area contributed by atoms with Gasteiger partial charge in [-0.1, -0.05) is 12.1 Å². The Morgan fingerprint density at radius 2 is 1.81 bits per heavy atom. The maximum absolute atomic E-state index is 11.6. The first-order valence-corrected chi connectivity index (χ1v) is 5.01. The highest BCUT2D eigenvalue weighted by Gasteiger charge is 2.02. The minimum Gasteiger partial charge on any atom is -0.399 e. The Bertz CT molecular complexity index is 460. The van der Waals surface area contributed by atoms with E-state index < -0.39 is 0 Å². The van der Waals surface area contributed by atoms with Gasteiger partial charge in [-0.25, -0.2) is 0 Å². The highest BCUT2D eigenvalue weighted by atomic mass is 16.2. The zero-order chi connectivity index (χ0) is 11.4. The van der Waals surface area contributed by atoms with E-state index in [1.54, 1.807) is 29.2 Å². The van der Waals surface area contributed by atoms with E-state index in [2.05, 4.69) is 5.43 Å². The SMILES string of the molecule is Nc1ccc(CC(=O)Nn2cccc2)cc1. The molecule has 3 N–H and O–H groups in total. The van der Waals surface area contributed by atoms with Crippen molar-refractivity contribution in [1.82, 2.24) is 4.68 Å². The van der Waals surface area contributed by atoms with Crippen molar-refractivity contribution in [2.24, 2.45) is 0 Å². The van der Waals surface area contributed by atoms with Crippen LogP contribution in [0.15, 0.2) is 48.8 Å². The molecule has 0 aliphatic rings. The van der Waals surface area contributed by atoms with Gasteiger partial charge in [0, 0.05) is 18.1 Å². The molecular weight excluding hydrogens is 202 g/mol. The number of rotatable bonds is 3. The number of nitrogens with zero attached hydrogens (tertiary/aromatic N) is 1. The first-order valence-electron chi connectivity index (χ1n) is 5.01. The third kappa shape index (κ3) is 2.63. The second-order valence-electron chi connectivity index (χ2n) is 3.54. The number of benzene rings is 1. The predicted octanol–water partition coefficient (Wildman–Crippen LogP) is 1.38. The number of anilines is 1. The number of nitrogens with one attached hydrogen (secondary N) is 1. The summed E-state index contributed by atoms with van der Waals surface area (Å²) in [7, 11) is 0. The van der Waals surface area contributed by atoms with E-state index >= 15 is 0 Å². The van der Waals surface area contributed by atoms with Crippen LogP contribution in [-0.4, -0.2) is 10.6 Å². The summed E-state index contributed by atoms with van der Waals surface area (Å²) in [4.78, 5) is 11.6. The van der Waals surface area contributed by atoms with Crippen LogP contribution in [0.4, 0.5) is 5.69 Å². The summed E-state index contributed by atoms with van der Waals surface area (Å²) in [6.45, 7) is 0. The van der Waals surface area contributed by atoms with Crippen molar-refractivity contribution < 1.29 is 4.79 Å². The molecule has 2 aromatic rings. The predicted molar refractivity (Wildman–Crippen MR) is 63.4 cm³/mol. The number of carbonyl (C=O) groups excluding carboxylic acids is 1. The van der Waals surface area contributed by atoms with Gasteiger partial charge in [0.05, 0.1) is 6.42 Å². The average Bonchev–Trinajstić information content (AvgIpc) is 2.74. The molecule has 4 nitrogen and oxygen atoms in total. The van der Waals surface area contributed by atoms with Gasteiger partial charge in [0.15, 0.2) is 0 Å². The molecule has 1 aromatic heterocycles. The van der Waals surface area contributed by atoms with E-state index in [-0.39, 0.29) is 5.91 Å². The third-order valence-electron chi connectivity index (χ3n) is 2.20. The van der Waals surface area contributed by atoms with Crippen LogP contribution in [-0.2, 0) is 11.2 Å². The molecule has 0 saturated carbocycles. The standard InChI is InChI=1S/C12H13N3O/c13-11-5-3-10(4-6-11)9-12(16)14-15-7-1-2-8-15/h1-8H,9,13H2,(H,14,16). The van der Waals surface area contributed by atoms with Crippen LogP contribution in [0.1, 0.15) is 5.56 Å². The monoisotopic (exact) mass is 215 g/mol. The first-order chi connectivity index (χ1) is 7.74. The van der Waals surface area contributed by atoms with Crippen molar-refractivity contribution in [3.8, 4) is 0 Å². The van der Waals surface area contributed by atoms with E-state index in [1.807, 2.05) is 24.3 Å². The summed E-state index contributed by atoms with van der Waals surface area (Å²) < 4.78 is 1.62. The second-order valence-corrected chi connectivity index (χ2v) is 3.54. The van der Waals surface area contributed by atoms with Crippen molar-refractivity contribution in [1.29, 1.82) is 0 Å². The summed E-state index contributed by atoms with van der Waals surface area (Å²) in [5.74, 6) is -0.0547. The Morgan fingerprint density at radius 3 is 2.44 bits per heavy atom. The fourth-order valence-electron chi connectivity index (χ4n) is 1.41. The van der Waals surface area contributed by atoms with Gasteiger partial charge in [0.25, 0.3) is 0 Å². The van der Waals surface area contributed by atoms with Gasteiger partial charge in [-0.3, -0.25) is 14.9 Å². The minimum atomic E-state index is -0.0547. The number of amides is 1. The molecule has 0 unspecified atom stereocenters. The molecule has 0 atom stereocenters. The van der Waals surface area contributed by atoms with Gasteiger partial charge < -0.3 is 5.73 Å². The lowest BCUT2D eigenvalue weighted by atomic mass is 10.1. The molecule has 0 fully saturated rings. The Balaban J connectivity index is 1.95. The fraction of sp³-hybridized carbons (Fsp3) is 0.0833. The van der Waals surface area contributed by atoms with Crippen LogP contribution in [0, 0.1) is 0 Å². The molecule has 0 bridgehead atoms. The molecule has 0 radical (unpaired) electrons. The number of hydrogen-bond acceptors (Lipinski definition) is 2. The first kappa shape index (κ1) is 10.3. The molecule has 1 heterocycles. The van der Waals surface area contributed by atoms with Crippen LogP contribution in [0.2, 0.25) is 0 Å². The maximum Gasteiger partial charge on any atom is 0.243 e. The molecule has 2 rings (SSSR count). The van der Waals surface area contributed by atoms with Gasteiger partial charge in [-0.2, -0.15) is 0 Å². The summed E-state index contributed by atoms with van der Waals surface area (Å²) in [5, 5.41) is 0. The smallest absolute Gasteiger partial charge is 0.243 e. The Labute approximate surface area is 93.7 Å². The van der Waals surface area contributed by atoms with Gasteiger partial charge in [0.2, 0.25) is 5.91 Å². The molecule has 82 valence electrons. The zero-order valence-electron chi connectivity index (χ0n) is 8.76. The van der Waals surface area contributed by atoms with E-state index in [9.17, 15) is 4.79 Å². The molecule has 0 saturated heterocycles. The lowest BCUT2D eigenvalue weighted by Crippen LogP contribution is -2.22. The Hall–Kier alpha value is -2.23. The zero-order valence-corrected chi connectivity index (χ0v) is 8.76. The quantitative estimate of drug-likeness (QED) is 0.760. The Morgan fingerprint density at radius 1 is 1.19 bits per heavy atom. The number of nitrogens with two attached hydrogens (primary N) is 1. The average molecular weight is 215 g/mol. The van der Waals surface area contributed by atoms with E-state index in [4.69, 9.17) is 5.73 Å². The third-order valence-corrected chi connectivity index (χ3v) is 2.20. The van der Waals surface area contributed by atoms with Crippen LogP contribution in [0.5, 0.6) is 0 Å². The topological polar surface area (TPSA) is 60.1 Å². The van der Waals surface area contributed by atoms with Gasteiger partial charge in [-0.15, -0.1) is 0 Å². The van der Waals surface area contributed by atoms with Gasteiger partial charge in [-0.05, 0) is 29.8 Å². The van der Waals surface area contributed by atoms with Crippen molar-refractivity contribution in [2.45, 2.75) is 6.42 Å². The second kappa shape index (κ2) is 4.53. The maximum atomic E-state index is 11.6. The number of hydrogen-bond donors (Lipinski definition) is 2. The lowest BCUT2D eigenvalue weighted by Gasteiger charge is -2.06. The summed E-state index contributed by atoms with van der Waals surface area (Å²) >= 11 is 0. The Kier molecular flexibility index (Phi) is 2.91. The molecular formula is C12H13N3O. The van der Waals surface area contributed by atoms with Crippen molar-refractivity contribution >= 4 is 11.6 Å². The van der Waals surface area contributed by atoms with Gasteiger partial charge >= 0.3 is 0 Å². The minimum absolute atomic E-state index is 0.0547. The fourth-order valence-corrected chi connectivity index (χ4v) is 1.41. The molecule has 1 aromatic carbocycles. The number of nitrogen functional groups attached to an aromatic ring is 1. The molecule has 4 heteroatoms. The van der Waals surface area contributed by atoms with Crippen LogP contribution in [0.25, 0.3) is 0 Å². The van der Waals surface area contributed by atoms with Crippen molar-refractivity contribution in [2.75, 3.05) is 11.2 Å². The number of carbonyl (C=O) groups is 1. The van der Waals surface area contributed by atoms with Crippen LogP contribution in [0.3, 0.4) is 0 Å². The van der Waals surface area contributed by atoms with Crippen molar-refractivity contribution in [3.05, 3.63) is 54.4 Å². The lowest BCUT2D eigenvalue weighted by molar-refractivity contribution is -0.116. The van der Waals surface area contributed by atoms with Gasteiger partial charge in [0.1, 0.15) is 0 Å². The highest BCUT2D eigenvalue weighted by molar-refractivity contribution is 5.85. The summed E-state index contributed by atoms with van der Waals surface area (Å²) in [5.41, 5.74) is 9.94. The van der Waals surface area contributed by atoms with E-state index in [1.165, 1.54) is 0 Å². The molecule has 1 amide bonds. The molecule has 0 spiro atoms. The molecule has 0 aliphatic carbocycles. The van der Waals surface area contributed by atoms with Crippen molar-refractivity contribution in [3.63, 3.8) is 0 Å². The molecule has 0 aliphatic heterocycles. The normalized spacial score (nSPS) is 10.0.